The molecule has 22 heavy (non-hydrogen) atoms. The lowest BCUT2D eigenvalue weighted by Crippen LogP contribution is -2.35. The summed E-state index contributed by atoms with van der Waals surface area (Å²) in [6.45, 7) is 7.44. The molecule has 1 heterocycles. The second kappa shape index (κ2) is 9.10. The molecule has 1 aliphatic heterocycles. The average molecular weight is 308 g/mol. The monoisotopic (exact) mass is 308 g/mol. The van der Waals surface area contributed by atoms with Crippen molar-refractivity contribution < 1.29 is 14.6 Å². The van der Waals surface area contributed by atoms with Crippen molar-refractivity contribution in [3.63, 3.8) is 0 Å². The molecule has 1 atom stereocenters. The SMILES string of the molecule is CC[C@H](CO)NCc1ccc(OC)c(CN2CCOCC2)c1. The van der Waals surface area contributed by atoms with Crippen LogP contribution in [0, 0.1) is 0 Å². The van der Waals surface area contributed by atoms with Gasteiger partial charge in [-0.05, 0) is 24.1 Å². The van der Waals surface area contributed by atoms with E-state index in [4.69, 9.17) is 9.47 Å². The lowest BCUT2D eigenvalue weighted by molar-refractivity contribution is 0.0339. The molecule has 0 amide bonds. The number of aliphatic hydroxyl groups excluding tert-OH is 1. The Morgan fingerprint density at radius 3 is 2.77 bits per heavy atom. The molecule has 1 fully saturated rings. The number of nitrogens with one attached hydrogen (secondary N) is 1. The maximum absolute atomic E-state index is 9.26. The predicted octanol–water partition coefficient (Wildman–Crippen LogP) is 1.39. The molecule has 2 N–H and O–H groups in total. The van der Waals surface area contributed by atoms with Crippen LogP contribution in [0.1, 0.15) is 24.5 Å². The summed E-state index contributed by atoms with van der Waals surface area (Å²) in [4.78, 5) is 2.39. The Hall–Kier alpha value is -1.14. The molecule has 5 heteroatoms. The first-order valence-corrected chi connectivity index (χ1v) is 8.07. The molecule has 5 nitrogen and oxygen atoms in total. The lowest BCUT2D eigenvalue weighted by atomic mass is 10.1. The number of aliphatic hydroxyl groups is 1. The van der Waals surface area contributed by atoms with Crippen LogP contribution in [0.5, 0.6) is 5.75 Å². The van der Waals surface area contributed by atoms with Gasteiger partial charge in [0.25, 0.3) is 0 Å². The van der Waals surface area contributed by atoms with Crippen molar-refractivity contribution in [3.8, 4) is 5.75 Å². The number of rotatable bonds is 8. The van der Waals surface area contributed by atoms with Crippen LogP contribution in [0.3, 0.4) is 0 Å². The number of hydrogen-bond acceptors (Lipinski definition) is 5. The van der Waals surface area contributed by atoms with E-state index >= 15 is 0 Å². The number of morpholine rings is 1. The topological polar surface area (TPSA) is 54.0 Å². The fourth-order valence-electron chi connectivity index (χ4n) is 2.67. The van der Waals surface area contributed by atoms with Crippen LogP contribution in [0.25, 0.3) is 0 Å². The third-order valence-corrected chi connectivity index (χ3v) is 4.15. The maximum atomic E-state index is 9.26. The Kier molecular flexibility index (Phi) is 7.12. The highest BCUT2D eigenvalue weighted by atomic mass is 16.5. The molecule has 0 aliphatic carbocycles. The fourth-order valence-corrected chi connectivity index (χ4v) is 2.67. The van der Waals surface area contributed by atoms with Gasteiger partial charge in [-0.2, -0.15) is 0 Å². The van der Waals surface area contributed by atoms with Crippen molar-refractivity contribution in [2.75, 3.05) is 40.0 Å². The van der Waals surface area contributed by atoms with Gasteiger partial charge in [-0.15, -0.1) is 0 Å². The summed E-state index contributed by atoms with van der Waals surface area (Å²) in [7, 11) is 1.72. The van der Waals surface area contributed by atoms with E-state index in [1.807, 2.05) is 6.07 Å². The number of ether oxygens (including phenoxy) is 2. The minimum absolute atomic E-state index is 0.157. The second-order valence-electron chi connectivity index (χ2n) is 5.70. The number of benzene rings is 1. The Balaban J connectivity index is 2.01. The van der Waals surface area contributed by atoms with Crippen molar-refractivity contribution in [3.05, 3.63) is 29.3 Å². The summed E-state index contributed by atoms with van der Waals surface area (Å²) in [6, 6.07) is 6.47. The summed E-state index contributed by atoms with van der Waals surface area (Å²) in [5, 5.41) is 12.6. The lowest BCUT2D eigenvalue weighted by Gasteiger charge is -2.27. The van der Waals surface area contributed by atoms with Crippen LogP contribution in [0.2, 0.25) is 0 Å². The zero-order valence-electron chi connectivity index (χ0n) is 13.7. The van der Waals surface area contributed by atoms with Gasteiger partial charge < -0.3 is 19.9 Å². The first kappa shape index (κ1) is 17.2. The first-order chi connectivity index (χ1) is 10.8. The maximum Gasteiger partial charge on any atom is 0.123 e. The highest BCUT2D eigenvalue weighted by molar-refractivity contribution is 5.37. The summed E-state index contributed by atoms with van der Waals surface area (Å²) in [5.74, 6) is 0.935. The molecular formula is C17H28N2O3. The summed E-state index contributed by atoms with van der Waals surface area (Å²) < 4.78 is 10.9. The molecule has 1 aromatic rings. The van der Waals surface area contributed by atoms with Gasteiger partial charge in [0, 0.05) is 37.8 Å². The fraction of sp³-hybridized carbons (Fsp3) is 0.647. The predicted molar refractivity (Wildman–Crippen MR) is 87.1 cm³/mol. The molecular weight excluding hydrogens is 280 g/mol. The molecule has 0 radical (unpaired) electrons. The molecule has 0 aromatic heterocycles. The van der Waals surface area contributed by atoms with Gasteiger partial charge in [0.05, 0.1) is 26.9 Å². The average Bonchev–Trinajstić information content (AvgIpc) is 2.57. The minimum atomic E-state index is 0.157. The van der Waals surface area contributed by atoms with Gasteiger partial charge >= 0.3 is 0 Å². The van der Waals surface area contributed by atoms with Crippen molar-refractivity contribution in [2.24, 2.45) is 0 Å². The van der Waals surface area contributed by atoms with Crippen LogP contribution >= 0.6 is 0 Å². The Morgan fingerprint density at radius 1 is 1.36 bits per heavy atom. The van der Waals surface area contributed by atoms with E-state index in [9.17, 15) is 5.11 Å². The van der Waals surface area contributed by atoms with Crippen molar-refractivity contribution in [2.45, 2.75) is 32.5 Å². The highest BCUT2D eigenvalue weighted by Gasteiger charge is 2.14. The Bertz CT molecular complexity index is 444. The number of nitrogens with zero attached hydrogens (tertiary/aromatic N) is 1. The molecule has 0 saturated carbocycles. The summed E-state index contributed by atoms with van der Waals surface area (Å²) in [5.41, 5.74) is 2.43. The Labute approximate surface area is 133 Å². The van der Waals surface area contributed by atoms with Gasteiger partial charge in [0.1, 0.15) is 5.75 Å². The molecule has 1 aliphatic rings. The van der Waals surface area contributed by atoms with Crippen LogP contribution < -0.4 is 10.1 Å². The van der Waals surface area contributed by atoms with Crippen LogP contribution in [-0.4, -0.2) is 56.1 Å². The van der Waals surface area contributed by atoms with E-state index in [0.29, 0.717) is 0 Å². The van der Waals surface area contributed by atoms with E-state index in [1.54, 1.807) is 7.11 Å². The summed E-state index contributed by atoms with van der Waals surface area (Å²) in [6.07, 6.45) is 0.924. The zero-order valence-corrected chi connectivity index (χ0v) is 13.7. The van der Waals surface area contributed by atoms with Crippen molar-refractivity contribution in [1.82, 2.24) is 10.2 Å². The van der Waals surface area contributed by atoms with Gasteiger partial charge in [-0.25, -0.2) is 0 Å². The van der Waals surface area contributed by atoms with E-state index in [0.717, 1.165) is 51.6 Å². The van der Waals surface area contributed by atoms with E-state index in [2.05, 4.69) is 29.3 Å². The molecule has 1 aromatic carbocycles. The van der Waals surface area contributed by atoms with Crippen LogP contribution in [0.15, 0.2) is 18.2 Å². The largest absolute Gasteiger partial charge is 0.496 e. The van der Waals surface area contributed by atoms with Gasteiger partial charge in [0.15, 0.2) is 0 Å². The zero-order chi connectivity index (χ0) is 15.8. The molecule has 124 valence electrons. The third kappa shape index (κ3) is 4.95. The van der Waals surface area contributed by atoms with E-state index in [-0.39, 0.29) is 12.6 Å². The van der Waals surface area contributed by atoms with Crippen LogP contribution in [0.4, 0.5) is 0 Å². The minimum Gasteiger partial charge on any atom is -0.496 e. The number of methoxy groups -OCH3 is 1. The van der Waals surface area contributed by atoms with Crippen molar-refractivity contribution >= 4 is 0 Å². The number of hydrogen-bond donors (Lipinski definition) is 2. The smallest absolute Gasteiger partial charge is 0.123 e. The standard InChI is InChI=1S/C17H28N2O3/c1-3-16(13-20)18-11-14-4-5-17(21-2)15(10-14)12-19-6-8-22-9-7-19/h4-5,10,16,18,20H,3,6-9,11-13H2,1-2H3/t16-/m1/s1. The van der Waals surface area contributed by atoms with E-state index in [1.165, 1.54) is 11.1 Å². The van der Waals surface area contributed by atoms with E-state index < -0.39 is 0 Å². The van der Waals surface area contributed by atoms with Gasteiger partial charge in [-0.3, -0.25) is 4.90 Å². The van der Waals surface area contributed by atoms with Gasteiger partial charge in [-0.1, -0.05) is 13.0 Å². The molecule has 0 unspecified atom stereocenters. The molecule has 0 spiro atoms. The summed E-state index contributed by atoms with van der Waals surface area (Å²) >= 11 is 0. The molecule has 1 saturated heterocycles. The normalized spacial score (nSPS) is 17.4. The highest BCUT2D eigenvalue weighted by Crippen LogP contribution is 2.22. The van der Waals surface area contributed by atoms with Crippen LogP contribution in [-0.2, 0) is 17.8 Å². The quantitative estimate of drug-likeness (QED) is 0.760. The molecule has 2 rings (SSSR count). The molecule has 0 bridgehead atoms. The third-order valence-electron chi connectivity index (χ3n) is 4.15. The van der Waals surface area contributed by atoms with Crippen molar-refractivity contribution in [1.29, 1.82) is 0 Å². The first-order valence-electron chi connectivity index (χ1n) is 8.07. The van der Waals surface area contributed by atoms with Gasteiger partial charge in [0.2, 0.25) is 0 Å². The Morgan fingerprint density at radius 2 is 2.14 bits per heavy atom. The second-order valence-corrected chi connectivity index (χ2v) is 5.70.